The zero-order valence-corrected chi connectivity index (χ0v) is 22.2. The minimum atomic E-state index is -4.51. The van der Waals surface area contributed by atoms with Crippen LogP contribution in [-0.4, -0.2) is 0 Å². The largest absolute Gasteiger partial charge is 0.647 e. The van der Waals surface area contributed by atoms with Crippen LogP contribution >= 0.6 is 77.4 Å². The van der Waals surface area contributed by atoms with Crippen LogP contribution in [0.15, 0.2) is 36.4 Å². The number of phosphoric ester groups is 1. The molecule has 0 aromatic heterocycles. The summed E-state index contributed by atoms with van der Waals surface area (Å²) >= 11 is 37.2. The summed E-state index contributed by atoms with van der Waals surface area (Å²) in [6.45, 7) is 5.28. The van der Waals surface area contributed by atoms with Gasteiger partial charge in [0.15, 0.2) is 17.2 Å². The first-order valence-electron chi connectivity index (χ1n) is 8.94. The van der Waals surface area contributed by atoms with Gasteiger partial charge in [-0.1, -0.05) is 69.6 Å². The number of benzene rings is 3. The maximum atomic E-state index is 13.9. The summed E-state index contributed by atoms with van der Waals surface area (Å²) in [4.78, 5) is 0. The van der Waals surface area contributed by atoms with Gasteiger partial charge in [0.05, 0.1) is 15.1 Å². The molecule has 0 spiro atoms. The van der Waals surface area contributed by atoms with E-state index in [2.05, 4.69) is 0 Å². The molecule has 0 amide bonds. The Morgan fingerprint density at radius 3 is 1.03 bits per heavy atom. The Labute approximate surface area is 215 Å². The fourth-order valence-electron chi connectivity index (χ4n) is 2.69. The fourth-order valence-corrected chi connectivity index (χ4v) is 5.36. The molecular weight excluding hydrogens is 560 g/mol. The second kappa shape index (κ2) is 10.1. The standard InChI is InChI=1S/C21H15Cl6O4P/c1-10-4-13(22)19(25)16(7-10)29-32(28,30-17-8-11(2)5-14(23)20(17)26)31-18-9-12(3)6-15(24)21(18)27/h4-9H,1-3H3. The molecular formula is C21H15Cl6O4P. The fraction of sp³-hybridized carbons (Fsp3) is 0.143. The molecule has 0 aliphatic heterocycles. The quantitative estimate of drug-likeness (QED) is 0.275. The number of halogens is 6. The normalized spacial score (nSPS) is 11.4. The van der Waals surface area contributed by atoms with Crippen molar-refractivity contribution in [2.75, 3.05) is 0 Å². The van der Waals surface area contributed by atoms with Gasteiger partial charge < -0.3 is 13.6 Å². The molecule has 0 bridgehead atoms. The molecule has 32 heavy (non-hydrogen) atoms. The average molecular weight is 575 g/mol. The topological polar surface area (TPSA) is 44.8 Å². The molecule has 0 fully saturated rings. The van der Waals surface area contributed by atoms with Crippen molar-refractivity contribution < 1.29 is 18.1 Å². The van der Waals surface area contributed by atoms with Crippen LogP contribution in [0.1, 0.15) is 16.7 Å². The van der Waals surface area contributed by atoms with Gasteiger partial charge in [0.25, 0.3) is 0 Å². The van der Waals surface area contributed by atoms with Gasteiger partial charge in [-0.2, -0.15) is 4.57 Å². The second-order valence-electron chi connectivity index (χ2n) is 6.90. The van der Waals surface area contributed by atoms with Crippen molar-refractivity contribution in [1.82, 2.24) is 0 Å². The Bertz CT molecular complexity index is 1100. The summed E-state index contributed by atoms with van der Waals surface area (Å²) in [6, 6.07) is 9.46. The smallest absolute Gasteiger partial charge is 0.384 e. The molecule has 0 heterocycles. The van der Waals surface area contributed by atoms with Gasteiger partial charge in [-0.3, -0.25) is 0 Å². The molecule has 4 nitrogen and oxygen atoms in total. The van der Waals surface area contributed by atoms with E-state index >= 15 is 0 Å². The molecule has 0 atom stereocenters. The Balaban J connectivity index is 2.12. The summed E-state index contributed by atoms with van der Waals surface area (Å²) in [5, 5.41) is 0.647. The molecule has 3 aromatic rings. The zero-order chi connectivity index (χ0) is 23.8. The average Bonchev–Trinajstić information content (AvgIpc) is 2.67. The van der Waals surface area contributed by atoms with Crippen molar-refractivity contribution >= 4 is 77.4 Å². The van der Waals surface area contributed by atoms with Gasteiger partial charge in [-0.25, -0.2) is 0 Å². The lowest BCUT2D eigenvalue weighted by Gasteiger charge is -2.22. The summed E-state index contributed by atoms with van der Waals surface area (Å²) < 4.78 is 30.9. The number of aryl methyl sites for hydroxylation is 3. The van der Waals surface area contributed by atoms with Crippen molar-refractivity contribution in [3.05, 3.63) is 83.2 Å². The molecule has 170 valence electrons. The van der Waals surface area contributed by atoms with Gasteiger partial charge in [0, 0.05) is 0 Å². The summed E-state index contributed by atoms with van der Waals surface area (Å²) in [5.41, 5.74) is 2.11. The van der Waals surface area contributed by atoms with E-state index in [1.54, 1.807) is 39.0 Å². The highest BCUT2D eigenvalue weighted by Gasteiger charge is 2.36. The maximum Gasteiger partial charge on any atom is 0.647 e. The third kappa shape index (κ3) is 5.93. The van der Waals surface area contributed by atoms with E-state index in [-0.39, 0.29) is 47.4 Å². The molecule has 0 saturated heterocycles. The van der Waals surface area contributed by atoms with Crippen LogP contribution in [0, 0.1) is 20.8 Å². The molecule has 0 aliphatic rings. The van der Waals surface area contributed by atoms with Crippen LogP contribution in [0.5, 0.6) is 17.2 Å². The summed E-state index contributed by atoms with van der Waals surface area (Å²) in [6.07, 6.45) is 0. The van der Waals surface area contributed by atoms with E-state index in [1.807, 2.05) is 0 Å². The van der Waals surface area contributed by atoms with Gasteiger partial charge in [-0.05, 0) is 73.9 Å². The van der Waals surface area contributed by atoms with Crippen LogP contribution in [0.3, 0.4) is 0 Å². The van der Waals surface area contributed by atoms with Crippen molar-refractivity contribution in [1.29, 1.82) is 0 Å². The molecule has 0 radical (unpaired) electrons. The van der Waals surface area contributed by atoms with E-state index in [4.69, 9.17) is 83.2 Å². The van der Waals surface area contributed by atoms with Gasteiger partial charge >= 0.3 is 7.82 Å². The summed E-state index contributed by atoms with van der Waals surface area (Å²) in [7, 11) is -4.51. The number of phosphoric acid groups is 1. The monoisotopic (exact) mass is 572 g/mol. The minimum Gasteiger partial charge on any atom is -0.384 e. The lowest BCUT2D eigenvalue weighted by Crippen LogP contribution is -2.09. The molecule has 0 N–H and O–H groups in total. The third-order valence-corrected chi connectivity index (χ3v) is 7.66. The Hall–Kier alpha value is -0.970. The Morgan fingerprint density at radius 2 is 0.781 bits per heavy atom. The molecule has 3 aromatic carbocycles. The molecule has 0 unspecified atom stereocenters. The van der Waals surface area contributed by atoms with Crippen molar-refractivity contribution in [2.45, 2.75) is 20.8 Å². The van der Waals surface area contributed by atoms with Crippen LogP contribution in [-0.2, 0) is 4.57 Å². The highest BCUT2D eigenvalue weighted by atomic mass is 35.5. The first-order valence-corrected chi connectivity index (χ1v) is 12.7. The van der Waals surface area contributed by atoms with Gasteiger partial charge in [0.2, 0.25) is 0 Å². The molecule has 3 rings (SSSR count). The van der Waals surface area contributed by atoms with E-state index < -0.39 is 7.82 Å². The van der Waals surface area contributed by atoms with Crippen LogP contribution in [0.4, 0.5) is 0 Å². The lowest BCUT2D eigenvalue weighted by molar-refractivity contribution is 0.298. The van der Waals surface area contributed by atoms with Gasteiger partial charge in [0.1, 0.15) is 15.1 Å². The number of hydrogen-bond donors (Lipinski definition) is 0. The second-order valence-corrected chi connectivity index (χ2v) is 10.7. The van der Waals surface area contributed by atoms with Crippen molar-refractivity contribution in [2.24, 2.45) is 0 Å². The first kappa shape index (κ1) is 25.6. The van der Waals surface area contributed by atoms with Crippen LogP contribution < -0.4 is 13.6 Å². The minimum absolute atomic E-state index is 0.0198. The lowest BCUT2D eigenvalue weighted by atomic mass is 10.2. The van der Waals surface area contributed by atoms with E-state index in [0.29, 0.717) is 16.7 Å². The van der Waals surface area contributed by atoms with E-state index in [9.17, 15) is 4.57 Å². The van der Waals surface area contributed by atoms with E-state index in [1.165, 1.54) is 18.2 Å². The van der Waals surface area contributed by atoms with E-state index in [0.717, 1.165) is 0 Å². The Morgan fingerprint density at radius 1 is 0.531 bits per heavy atom. The maximum absolute atomic E-state index is 13.9. The number of rotatable bonds is 6. The highest BCUT2D eigenvalue weighted by Crippen LogP contribution is 2.55. The summed E-state index contributed by atoms with van der Waals surface area (Å²) in [5.74, 6) is -0.0702. The van der Waals surface area contributed by atoms with Crippen LogP contribution in [0.2, 0.25) is 30.1 Å². The van der Waals surface area contributed by atoms with Crippen LogP contribution in [0.25, 0.3) is 0 Å². The van der Waals surface area contributed by atoms with Crippen molar-refractivity contribution in [3.8, 4) is 17.2 Å². The molecule has 0 saturated carbocycles. The molecule has 11 heteroatoms. The van der Waals surface area contributed by atoms with Gasteiger partial charge in [-0.15, -0.1) is 0 Å². The zero-order valence-electron chi connectivity index (χ0n) is 16.8. The molecule has 0 aliphatic carbocycles. The predicted octanol–water partition coefficient (Wildman–Crippen LogP) is 10.2. The highest BCUT2D eigenvalue weighted by molar-refractivity contribution is 7.49. The SMILES string of the molecule is Cc1cc(Cl)c(Cl)c(OP(=O)(Oc2cc(C)cc(Cl)c2Cl)Oc2cc(C)cc(Cl)c2Cl)c1. The third-order valence-electron chi connectivity index (χ3n) is 4.05. The Kier molecular flexibility index (Phi) is 8.10. The first-order chi connectivity index (χ1) is 14.9. The van der Waals surface area contributed by atoms with Crippen molar-refractivity contribution in [3.63, 3.8) is 0 Å². The number of hydrogen-bond acceptors (Lipinski definition) is 4. The predicted molar refractivity (Wildman–Crippen MR) is 133 cm³/mol.